The number of rotatable bonds is 6. The highest BCUT2D eigenvalue weighted by molar-refractivity contribution is 5.98. The maximum absolute atomic E-state index is 11.4. The average molecular weight is 227 g/mol. The van der Waals surface area contributed by atoms with Gasteiger partial charge in [0, 0.05) is 24.1 Å². The van der Waals surface area contributed by atoms with E-state index in [0.717, 1.165) is 0 Å². The zero-order valence-electron chi connectivity index (χ0n) is 10.4. The van der Waals surface area contributed by atoms with Gasteiger partial charge in [0.15, 0.2) is 5.78 Å². The predicted octanol–water partition coefficient (Wildman–Crippen LogP) is 1.04. The van der Waals surface area contributed by atoms with Crippen LogP contribution >= 0.6 is 0 Å². The quantitative estimate of drug-likeness (QED) is 0.666. The third kappa shape index (κ3) is 6.35. The minimum atomic E-state index is -0.461. The summed E-state index contributed by atoms with van der Waals surface area (Å²) in [7, 11) is 0. The summed E-state index contributed by atoms with van der Waals surface area (Å²) in [5, 5.41) is 11.5. The summed E-state index contributed by atoms with van der Waals surface area (Å²) in [5.74, 6) is -0.489. The smallest absolute Gasteiger partial charge is 0.244 e. The first-order valence-electron chi connectivity index (χ1n) is 5.43. The van der Waals surface area contributed by atoms with Crippen molar-refractivity contribution in [3.8, 4) is 0 Å². The third-order valence-electron chi connectivity index (χ3n) is 2.17. The van der Waals surface area contributed by atoms with Crippen LogP contribution in [0.1, 0.15) is 34.1 Å². The molecule has 0 bridgehead atoms. The van der Waals surface area contributed by atoms with Gasteiger partial charge in [0.05, 0.1) is 0 Å². The molecule has 2 N–H and O–H groups in total. The second-order valence-corrected chi connectivity index (χ2v) is 4.74. The van der Waals surface area contributed by atoms with E-state index in [1.54, 1.807) is 13.8 Å². The number of aliphatic hydroxyl groups is 1. The first-order valence-corrected chi connectivity index (χ1v) is 5.43. The van der Waals surface area contributed by atoms with E-state index in [2.05, 4.69) is 5.32 Å². The molecule has 0 aromatic heterocycles. The van der Waals surface area contributed by atoms with Crippen LogP contribution in [-0.2, 0) is 9.59 Å². The number of carbonyl (C=O) groups is 2. The highest BCUT2D eigenvalue weighted by Crippen LogP contribution is 2.06. The van der Waals surface area contributed by atoms with Gasteiger partial charge in [-0.1, -0.05) is 13.8 Å². The fourth-order valence-electron chi connectivity index (χ4n) is 1.07. The van der Waals surface area contributed by atoms with E-state index in [-0.39, 0.29) is 24.2 Å². The number of nitrogens with one attached hydrogen (secondary N) is 1. The summed E-state index contributed by atoms with van der Waals surface area (Å²) >= 11 is 0. The highest BCUT2D eigenvalue weighted by Gasteiger charge is 2.18. The Morgan fingerprint density at radius 3 is 2.31 bits per heavy atom. The topological polar surface area (TPSA) is 66.4 Å². The summed E-state index contributed by atoms with van der Waals surface area (Å²) < 4.78 is 0. The van der Waals surface area contributed by atoms with E-state index in [0.29, 0.717) is 6.42 Å². The average Bonchev–Trinajstić information content (AvgIpc) is 2.12. The maximum atomic E-state index is 11.4. The zero-order valence-corrected chi connectivity index (χ0v) is 10.4. The van der Waals surface area contributed by atoms with Crippen molar-refractivity contribution in [2.75, 3.05) is 6.61 Å². The van der Waals surface area contributed by atoms with E-state index in [9.17, 15) is 9.59 Å². The SMILES string of the molecule is CC(C)C(=O)/C=C/C(=O)NC(C)(C)CCO. The van der Waals surface area contributed by atoms with Gasteiger partial charge in [-0.15, -0.1) is 0 Å². The number of hydrogen-bond acceptors (Lipinski definition) is 3. The molecule has 0 spiro atoms. The van der Waals surface area contributed by atoms with Gasteiger partial charge in [0.25, 0.3) is 0 Å². The number of ketones is 1. The molecule has 0 fully saturated rings. The Bertz CT molecular complexity index is 280. The minimum absolute atomic E-state index is 0.0158. The van der Waals surface area contributed by atoms with Gasteiger partial charge in [0.1, 0.15) is 0 Å². The Morgan fingerprint density at radius 1 is 1.31 bits per heavy atom. The minimum Gasteiger partial charge on any atom is -0.396 e. The monoisotopic (exact) mass is 227 g/mol. The van der Waals surface area contributed by atoms with Gasteiger partial charge in [-0.05, 0) is 26.3 Å². The largest absolute Gasteiger partial charge is 0.396 e. The van der Waals surface area contributed by atoms with Gasteiger partial charge in [-0.2, -0.15) is 0 Å². The molecule has 0 unspecified atom stereocenters. The Labute approximate surface area is 96.7 Å². The van der Waals surface area contributed by atoms with Crippen molar-refractivity contribution in [2.45, 2.75) is 39.7 Å². The van der Waals surface area contributed by atoms with Crippen LogP contribution in [0, 0.1) is 5.92 Å². The summed E-state index contributed by atoms with van der Waals surface area (Å²) in [6, 6.07) is 0. The molecule has 16 heavy (non-hydrogen) atoms. The van der Waals surface area contributed by atoms with E-state index >= 15 is 0 Å². The van der Waals surface area contributed by atoms with Crippen molar-refractivity contribution in [3.05, 3.63) is 12.2 Å². The molecule has 0 rings (SSSR count). The Morgan fingerprint density at radius 2 is 1.88 bits per heavy atom. The summed E-state index contributed by atoms with van der Waals surface area (Å²) in [6.07, 6.45) is 3.00. The van der Waals surface area contributed by atoms with Gasteiger partial charge in [-0.3, -0.25) is 9.59 Å². The van der Waals surface area contributed by atoms with Crippen LogP contribution in [-0.4, -0.2) is 28.9 Å². The molecule has 1 amide bonds. The zero-order chi connectivity index (χ0) is 12.8. The van der Waals surface area contributed by atoms with E-state index in [4.69, 9.17) is 5.11 Å². The number of aliphatic hydroxyl groups excluding tert-OH is 1. The lowest BCUT2D eigenvalue weighted by Gasteiger charge is -2.24. The summed E-state index contributed by atoms with van der Waals surface area (Å²) in [5.41, 5.74) is -0.461. The molecule has 0 aliphatic rings. The predicted molar refractivity (Wildman–Crippen MR) is 62.9 cm³/mol. The Hall–Kier alpha value is -1.16. The Kier molecular flexibility index (Phi) is 5.96. The standard InChI is InChI=1S/C12H21NO3/c1-9(2)10(15)5-6-11(16)13-12(3,4)7-8-14/h5-6,9,14H,7-8H2,1-4H3,(H,13,16)/b6-5+. The summed E-state index contributed by atoms with van der Waals surface area (Å²) in [6.45, 7) is 7.21. The lowest BCUT2D eigenvalue weighted by Crippen LogP contribution is -2.43. The fourth-order valence-corrected chi connectivity index (χ4v) is 1.07. The lowest BCUT2D eigenvalue weighted by atomic mass is 10.0. The molecule has 0 aromatic rings. The van der Waals surface area contributed by atoms with Crippen LogP contribution in [0.3, 0.4) is 0 Å². The second kappa shape index (κ2) is 6.43. The molecule has 0 aromatic carbocycles. The molecule has 4 nitrogen and oxygen atoms in total. The van der Waals surface area contributed by atoms with E-state index in [1.165, 1.54) is 12.2 Å². The van der Waals surface area contributed by atoms with Crippen LogP contribution in [0.4, 0.5) is 0 Å². The molecule has 0 saturated heterocycles. The van der Waals surface area contributed by atoms with Gasteiger partial charge < -0.3 is 10.4 Å². The molecule has 0 aliphatic heterocycles. The van der Waals surface area contributed by atoms with Crippen molar-refractivity contribution in [1.82, 2.24) is 5.32 Å². The van der Waals surface area contributed by atoms with Crippen LogP contribution in [0.25, 0.3) is 0 Å². The normalized spacial score (nSPS) is 12.1. The van der Waals surface area contributed by atoms with E-state index in [1.807, 2.05) is 13.8 Å². The van der Waals surface area contributed by atoms with Crippen LogP contribution < -0.4 is 5.32 Å². The molecule has 0 radical (unpaired) electrons. The molecule has 4 heteroatoms. The van der Waals surface area contributed by atoms with Crippen molar-refractivity contribution in [2.24, 2.45) is 5.92 Å². The summed E-state index contributed by atoms with van der Waals surface area (Å²) in [4.78, 5) is 22.7. The first-order chi connectivity index (χ1) is 7.28. The molecule has 0 heterocycles. The van der Waals surface area contributed by atoms with Crippen LogP contribution in [0.2, 0.25) is 0 Å². The van der Waals surface area contributed by atoms with Gasteiger partial charge >= 0.3 is 0 Å². The molecule has 0 saturated carbocycles. The number of amides is 1. The molecule has 0 aliphatic carbocycles. The molecular formula is C12H21NO3. The van der Waals surface area contributed by atoms with Crippen molar-refractivity contribution in [3.63, 3.8) is 0 Å². The highest BCUT2D eigenvalue weighted by atomic mass is 16.3. The van der Waals surface area contributed by atoms with Crippen molar-refractivity contribution >= 4 is 11.7 Å². The van der Waals surface area contributed by atoms with Crippen molar-refractivity contribution in [1.29, 1.82) is 0 Å². The van der Waals surface area contributed by atoms with Crippen LogP contribution in [0.5, 0.6) is 0 Å². The lowest BCUT2D eigenvalue weighted by molar-refractivity contribution is -0.120. The number of hydrogen-bond donors (Lipinski definition) is 2. The molecule has 92 valence electrons. The molecular weight excluding hydrogens is 206 g/mol. The fraction of sp³-hybridized carbons (Fsp3) is 0.667. The van der Waals surface area contributed by atoms with E-state index < -0.39 is 5.54 Å². The second-order valence-electron chi connectivity index (χ2n) is 4.74. The maximum Gasteiger partial charge on any atom is 0.244 e. The number of carbonyl (C=O) groups excluding carboxylic acids is 2. The van der Waals surface area contributed by atoms with Crippen LogP contribution in [0.15, 0.2) is 12.2 Å². The first kappa shape index (κ1) is 14.8. The molecule has 0 atom stereocenters. The van der Waals surface area contributed by atoms with Crippen molar-refractivity contribution < 1.29 is 14.7 Å². The Balaban J connectivity index is 4.23. The van der Waals surface area contributed by atoms with Gasteiger partial charge in [-0.25, -0.2) is 0 Å². The van der Waals surface area contributed by atoms with Gasteiger partial charge in [0.2, 0.25) is 5.91 Å². The number of allylic oxidation sites excluding steroid dienone is 1. The third-order valence-corrected chi connectivity index (χ3v) is 2.17.